The van der Waals surface area contributed by atoms with E-state index in [-0.39, 0.29) is 17.5 Å². The quantitative estimate of drug-likeness (QED) is 0.587. The van der Waals surface area contributed by atoms with Crippen LogP contribution in [0.25, 0.3) is 0 Å². The van der Waals surface area contributed by atoms with E-state index in [1.54, 1.807) is 0 Å². The lowest BCUT2D eigenvalue weighted by Crippen LogP contribution is -2.56. The van der Waals surface area contributed by atoms with Crippen LogP contribution in [0.15, 0.2) is 59.6 Å². The monoisotopic (exact) mass is 407 g/mol. The highest BCUT2D eigenvalue weighted by Gasteiger charge is 2.44. The lowest BCUT2D eigenvalue weighted by molar-refractivity contribution is -0.148. The van der Waals surface area contributed by atoms with Gasteiger partial charge in [0.1, 0.15) is 11.6 Å². The fourth-order valence-electron chi connectivity index (χ4n) is 3.99. The molecule has 0 aromatic heterocycles. The number of rotatable bonds is 4. The first-order valence-corrected chi connectivity index (χ1v) is 10.5. The lowest BCUT2D eigenvalue weighted by Gasteiger charge is -2.27. The number of benzodiazepines with no additional fused rings is 1. The molecule has 1 heterocycles. The van der Waals surface area contributed by atoms with E-state index in [9.17, 15) is 4.79 Å². The average molecular weight is 408 g/mol. The van der Waals surface area contributed by atoms with Crippen LogP contribution in [0, 0.1) is 5.92 Å². The summed E-state index contributed by atoms with van der Waals surface area (Å²) in [5.41, 5.74) is 8.32. The normalized spacial score (nSPS) is 22.1. The minimum absolute atomic E-state index is 0.127. The number of anilines is 1. The Kier molecular flexibility index (Phi) is 5.74. The molecule has 150 valence electrons. The highest BCUT2D eigenvalue weighted by molar-refractivity contribution is 7.80. The first-order valence-electron chi connectivity index (χ1n) is 10.1. The molecule has 3 N–H and O–H groups in total. The standard InChI is InChI=1S/C23H25N3O2S/c24-23(22(27)28-15-16-9-3-1-4-10-16)21(29)25-19-14-8-7-13-18(19)20(26-23)17-11-5-2-6-12-17/h1,3-4,7-10,13-14,17H,2,5-6,11-12,15,24H2,(H,25,29)/t23-/m0/s1. The van der Waals surface area contributed by atoms with E-state index >= 15 is 0 Å². The van der Waals surface area contributed by atoms with E-state index in [0.717, 1.165) is 48.2 Å². The molecule has 2 aromatic carbocycles. The summed E-state index contributed by atoms with van der Waals surface area (Å²) in [5, 5.41) is 3.15. The lowest BCUT2D eigenvalue weighted by atomic mass is 9.82. The zero-order valence-corrected chi connectivity index (χ0v) is 17.1. The summed E-state index contributed by atoms with van der Waals surface area (Å²) >= 11 is 5.52. The van der Waals surface area contributed by atoms with Crippen molar-refractivity contribution in [3.63, 3.8) is 0 Å². The van der Waals surface area contributed by atoms with Gasteiger partial charge in [0.25, 0.3) is 5.66 Å². The third-order valence-corrected chi connectivity index (χ3v) is 6.02. The Labute approximate surface area is 176 Å². The Bertz CT molecular complexity index is 938. The summed E-state index contributed by atoms with van der Waals surface area (Å²) in [4.78, 5) is 18.0. The number of esters is 1. The van der Waals surface area contributed by atoms with Crippen LogP contribution in [0.5, 0.6) is 0 Å². The minimum Gasteiger partial charge on any atom is -0.458 e. The molecule has 2 aliphatic rings. The SMILES string of the molecule is N[C@]1(C(=O)OCc2ccccc2)N=C(C2CCCCC2)c2ccccc2NC1=S. The summed E-state index contributed by atoms with van der Waals surface area (Å²) < 4.78 is 5.53. The summed E-state index contributed by atoms with van der Waals surface area (Å²) in [7, 11) is 0. The summed E-state index contributed by atoms with van der Waals surface area (Å²) in [6, 6.07) is 17.4. The molecule has 1 aliphatic carbocycles. The maximum absolute atomic E-state index is 13.1. The Balaban J connectivity index is 1.67. The molecule has 1 atom stereocenters. The van der Waals surface area contributed by atoms with Crippen LogP contribution in [0.4, 0.5) is 5.69 Å². The Morgan fingerprint density at radius 2 is 1.79 bits per heavy atom. The number of nitrogens with one attached hydrogen (secondary N) is 1. The van der Waals surface area contributed by atoms with Crippen molar-refractivity contribution in [1.82, 2.24) is 0 Å². The maximum Gasteiger partial charge on any atom is 0.356 e. The van der Waals surface area contributed by atoms with Crippen LogP contribution in [0.1, 0.15) is 43.2 Å². The van der Waals surface area contributed by atoms with E-state index in [1.807, 2.05) is 54.6 Å². The second kappa shape index (κ2) is 8.43. The molecular formula is C23H25N3O2S. The van der Waals surface area contributed by atoms with Crippen molar-refractivity contribution in [2.75, 3.05) is 5.32 Å². The number of para-hydroxylation sites is 1. The fourth-order valence-corrected chi connectivity index (χ4v) is 4.23. The van der Waals surface area contributed by atoms with Crippen molar-refractivity contribution in [2.45, 2.75) is 44.4 Å². The number of thiocarbonyl (C=S) groups is 1. The molecule has 1 aliphatic heterocycles. The average Bonchev–Trinajstić information content (AvgIpc) is 2.88. The molecule has 0 spiro atoms. The number of ether oxygens (including phenoxy) is 1. The molecule has 0 unspecified atom stereocenters. The predicted octanol–water partition coefficient (Wildman–Crippen LogP) is 4.21. The van der Waals surface area contributed by atoms with Gasteiger partial charge in [-0.05, 0) is 24.5 Å². The van der Waals surface area contributed by atoms with E-state index in [0.29, 0.717) is 0 Å². The van der Waals surface area contributed by atoms with Crippen LogP contribution < -0.4 is 11.1 Å². The van der Waals surface area contributed by atoms with Gasteiger partial charge in [-0.25, -0.2) is 9.79 Å². The van der Waals surface area contributed by atoms with Gasteiger partial charge in [-0.15, -0.1) is 0 Å². The number of nitrogens with two attached hydrogens (primary N) is 1. The highest BCUT2D eigenvalue weighted by atomic mass is 32.1. The van der Waals surface area contributed by atoms with E-state index in [2.05, 4.69) is 5.32 Å². The first-order chi connectivity index (χ1) is 14.1. The number of carbonyl (C=O) groups is 1. The van der Waals surface area contributed by atoms with Gasteiger partial charge in [-0.1, -0.05) is 80.0 Å². The van der Waals surface area contributed by atoms with Crippen molar-refractivity contribution in [2.24, 2.45) is 16.6 Å². The largest absolute Gasteiger partial charge is 0.458 e. The summed E-state index contributed by atoms with van der Waals surface area (Å²) in [6.07, 6.45) is 5.61. The molecule has 0 amide bonds. The molecule has 0 bridgehead atoms. The summed E-state index contributed by atoms with van der Waals surface area (Å²) in [5.74, 6) is -0.377. The van der Waals surface area contributed by atoms with Gasteiger partial charge in [-0.3, -0.25) is 5.73 Å². The van der Waals surface area contributed by atoms with Gasteiger partial charge < -0.3 is 10.1 Å². The Hall–Kier alpha value is -2.57. The zero-order valence-electron chi connectivity index (χ0n) is 16.3. The molecule has 4 rings (SSSR count). The molecule has 0 radical (unpaired) electrons. The van der Waals surface area contributed by atoms with E-state index in [4.69, 9.17) is 27.7 Å². The van der Waals surface area contributed by atoms with Crippen molar-refractivity contribution in [1.29, 1.82) is 0 Å². The van der Waals surface area contributed by atoms with Crippen molar-refractivity contribution in [3.8, 4) is 0 Å². The Morgan fingerprint density at radius 3 is 2.55 bits per heavy atom. The van der Waals surface area contributed by atoms with Crippen LogP contribution in [-0.4, -0.2) is 22.3 Å². The van der Waals surface area contributed by atoms with Gasteiger partial charge in [0.2, 0.25) is 0 Å². The number of aliphatic imine (C=N–C) groups is 1. The fraction of sp³-hybridized carbons (Fsp3) is 0.348. The molecule has 2 aromatic rings. The first kappa shape index (κ1) is 19.7. The van der Waals surface area contributed by atoms with Crippen LogP contribution in [-0.2, 0) is 16.1 Å². The van der Waals surface area contributed by atoms with Gasteiger partial charge in [0.15, 0.2) is 0 Å². The number of hydrogen-bond donors (Lipinski definition) is 2. The molecule has 1 saturated carbocycles. The third kappa shape index (κ3) is 4.09. The Morgan fingerprint density at radius 1 is 1.10 bits per heavy atom. The molecule has 5 nitrogen and oxygen atoms in total. The minimum atomic E-state index is -1.74. The van der Waals surface area contributed by atoms with Crippen molar-refractivity contribution in [3.05, 3.63) is 65.7 Å². The van der Waals surface area contributed by atoms with Crippen LogP contribution in [0.2, 0.25) is 0 Å². The van der Waals surface area contributed by atoms with E-state index < -0.39 is 11.6 Å². The van der Waals surface area contributed by atoms with Gasteiger partial charge in [-0.2, -0.15) is 0 Å². The van der Waals surface area contributed by atoms with Crippen LogP contribution >= 0.6 is 12.2 Å². The molecular weight excluding hydrogens is 382 g/mol. The molecule has 6 heteroatoms. The number of hydrogen-bond acceptors (Lipinski definition) is 5. The van der Waals surface area contributed by atoms with Gasteiger partial charge >= 0.3 is 5.97 Å². The highest BCUT2D eigenvalue weighted by Crippen LogP contribution is 2.33. The van der Waals surface area contributed by atoms with E-state index in [1.165, 1.54) is 6.42 Å². The van der Waals surface area contributed by atoms with Gasteiger partial charge in [0, 0.05) is 17.2 Å². The second-order valence-corrected chi connectivity index (χ2v) is 8.07. The third-order valence-electron chi connectivity index (χ3n) is 5.61. The number of benzene rings is 2. The zero-order chi connectivity index (χ0) is 20.3. The maximum atomic E-state index is 13.1. The smallest absolute Gasteiger partial charge is 0.356 e. The summed E-state index contributed by atoms with van der Waals surface area (Å²) in [6.45, 7) is 0.127. The topological polar surface area (TPSA) is 76.7 Å². The van der Waals surface area contributed by atoms with Crippen molar-refractivity contribution < 1.29 is 9.53 Å². The van der Waals surface area contributed by atoms with Crippen LogP contribution in [0.3, 0.4) is 0 Å². The number of carbonyl (C=O) groups excluding carboxylic acids is 1. The van der Waals surface area contributed by atoms with Crippen molar-refractivity contribution >= 4 is 34.6 Å². The van der Waals surface area contributed by atoms with Gasteiger partial charge in [0.05, 0.1) is 5.71 Å². The molecule has 0 saturated heterocycles. The predicted molar refractivity (Wildman–Crippen MR) is 119 cm³/mol. The second-order valence-electron chi connectivity index (χ2n) is 7.66. The molecule has 29 heavy (non-hydrogen) atoms. The number of nitrogens with zero attached hydrogens (tertiary/aromatic N) is 1. The molecule has 1 fully saturated rings. The number of fused-ring (bicyclic) bond motifs is 1.